The van der Waals surface area contributed by atoms with E-state index in [9.17, 15) is 23.2 Å². The highest BCUT2D eigenvalue weighted by Crippen LogP contribution is 2.40. The Hall–Kier alpha value is -4.10. The van der Waals surface area contributed by atoms with E-state index in [1.807, 2.05) is 54.4 Å². The maximum absolute atomic E-state index is 13.9. The number of likely N-dealkylation sites (N-methyl/N-ethyl adjacent to an activating group) is 1. The van der Waals surface area contributed by atoms with Gasteiger partial charge in [0.05, 0.1) is 35.0 Å². The monoisotopic (exact) mass is 563 g/mol. The van der Waals surface area contributed by atoms with Crippen molar-refractivity contribution in [1.29, 1.82) is 5.26 Å². The molecule has 5 rings (SSSR count). The van der Waals surface area contributed by atoms with E-state index in [1.54, 1.807) is 13.3 Å². The number of ether oxygens (including phenoxy) is 1. The van der Waals surface area contributed by atoms with E-state index >= 15 is 0 Å². The molecule has 0 saturated carbocycles. The molecule has 1 aromatic heterocycles. The Morgan fingerprint density at radius 1 is 1.15 bits per heavy atom. The maximum Gasteiger partial charge on any atom is 0.416 e. The maximum atomic E-state index is 13.9. The van der Waals surface area contributed by atoms with Crippen LogP contribution in [0.15, 0.2) is 60.8 Å². The van der Waals surface area contributed by atoms with Gasteiger partial charge < -0.3 is 19.9 Å². The van der Waals surface area contributed by atoms with Crippen molar-refractivity contribution in [1.82, 2.24) is 15.2 Å². The molecule has 3 heterocycles. The zero-order valence-corrected chi connectivity index (χ0v) is 23.0. The number of carbonyl (C=O) groups is 1. The summed E-state index contributed by atoms with van der Waals surface area (Å²) in [5.41, 5.74) is 1.02. The number of likely N-dealkylation sites (tertiary alicyclic amines) is 1. The Morgan fingerprint density at radius 2 is 1.90 bits per heavy atom. The van der Waals surface area contributed by atoms with Gasteiger partial charge in [-0.25, -0.2) is 0 Å². The van der Waals surface area contributed by atoms with E-state index in [1.165, 1.54) is 6.07 Å². The number of hydrogen-bond donors (Lipinski definition) is 1. The smallest absolute Gasteiger partial charge is 0.416 e. The summed E-state index contributed by atoms with van der Waals surface area (Å²) in [7, 11) is 3.64. The van der Waals surface area contributed by atoms with Gasteiger partial charge in [0.1, 0.15) is 11.8 Å². The molecule has 41 heavy (non-hydrogen) atoms. The second-order valence-corrected chi connectivity index (χ2v) is 10.7. The Balaban J connectivity index is 1.42. The third-order valence-corrected chi connectivity index (χ3v) is 8.47. The molecule has 2 saturated heterocycles. The molecule has 1 atom stereocenters. The summed E-state index contributed by atoms with van der Waals surface area (Å²) in [6.07, 6.45) is -0.929. The molecule has 0 bridgehead atoms. The number of amides is 1. The van der Waals surface area contributed by atoms with Gasteiger partial charge in [0.25, 0.3) is 0 Å². The third-order valence-electron chi connectivity index (χ3n) is 8.47. The number of nitrogens with one attached hydrogen (secondary N) is 1. The first kappa shape index (κ1) is 28.4. The molecule has 2 aromatic carbocycles. The van der Waals surface area contributed by atoms with Crippen LogP contribution < -0.4 is 15.0 Å². The van der Waals surface area contributed by atoms with Gasteiger partial charge in [-0.2, -0.15) is 18.4 Å². The summed E-state index contributed by atoms with van der Waals surface area (Å²) >= 11 is 0. The van der Waals surface area contributed by atoms with Crippen molar-refractivity contribution in [3.63, 3.8) is 0 Å². The lowest BCUT2D eigenvalue weighted by atomic mass is 9.72. The van der Waals surface area contributed by atoms with Crippen LogP contribution in [0, 0.1) is 11.3 Å². The van der Waals surface area contributed by atoms with Crippen LogP contribution in [0.1, 0.15) is 36.0 Å². The highest BCUT2D eigenvalue weighted by Gasteiger charge is 2.44. The molecule has 214 valence electrons. The van der Waals surface area contributed by atoms with E-state index < -0.39 is 17.2 Å². The van der Waals surface area contributed by atoms with Crippen molar-refractivity contribution in [3.8, 4) is 23.1 Å². The van der Waals surface area contributed by atoms with Crippen molar-refractivity contribution in [2.45, 2.75) is 36.9 Å². The molecule has 2 aliphatic rings. The van der Waals surface area contributed by atoms with E-state index in [-0.39, 0.29) is 11.5 Å². The summed E-state index contributed by atoms with van der Waals surface area (Å²) in [4.78, 5) is 22.7. The number of rotatable bonds is 7. The number of hydrogen-bond acceptors (Lipinski definition) is 6. The van der Waals surface area contributed by atoms with Gasteiger partial charge in [-0.1, -0.05) is 18.2 Å². The first-order valence-electron chi connectivity index (χ1n) is 13.6. The number of alkyl halides is 3. The molecular weight excluding hydrogens is 531 g/mol. The number of nitriles is 1. The number of methoxy groups -OCH3 is 1. The molecule has 7 nitrogen and oxygen atoms in total. The summed E-state index contributed by atoms with van der Waals surface area (Å²) in [5.74, 6) is 0.611. The largest absolute Gasteiger partial charge is 0.496 e. The van der Waals surface area contributed by atoms with Crippen molar-refractivity contribution in [2.24, 2.45) is 0 Å². The summed E-state index contributed by atoms with van der Waals surface area (Å²) in [6, 6.07) is 16.9. The van der Waals surface area contributed by atoms with Gasteiger partial charge in [-0.05, 0) is 74.8 Å². The Kier molecular flexibility index (Phi) is 7.91. The molecule has 0 unspecified atom stereocenters. The predicted molar refractivity (Wildman–Crippen MR) is 150 cm³/mol. The molecule has 0 radical (unpaired) electrons. The van der Waals surface area contributed by atoms with Gasteiger partial charge in [0.15, 0.2) is 0 Å². The zero-order valence-electron chi connectivity index (χ0n) is 23.0. The topological polar surface area (TPSA) is 81.5 Å². The average Bonchev–Trinajstić information content (AvgIpc) is 2.99. The van der Waals surface area contributed by atoms with E-state index in [2.05, 4.69) is 10.2 Å². The minimum absolute atomic E-state index is 0.0346. The molecule has 2 fully saturated rings. The normalized spacial score (nSPS) is 18.7. The molecule has 3 aromatic rings. The molecule has 0 spiro atoms. The molecule has 0 aliphatic carbocycles. The van der Waals surface area contributed by atoms with Crippen LogP contribution in [0.25, 0.3) is 11.3 Å². The van der Waals surface area contributed by atoms with E-state index in [4.69, 9.17) is 9.72 Å². The quantitative estimate of drug-likeness (QED) is 0.436. The highest BCUT2D eigenvalue weighted by atomic mass is 19.4. The number of nitrogens with zero attached hydrogens (tertiary/aromatic N) is 4. The predicted octanol–water partition coefficient (Wildman–Crippen LogP) is 5.01. The number of anilines is 1. The number of pyridine rings is 1. The fraction of sp³-hybridized carbons (Fsp3) is 0.387. The van der Waals surface area contributed by atoms with Crippen molar-refractivity contribution in [3.05, 3.63) is 77.5 Å². The standard InChI is InChI=1S/C31H32F3N5O2/c1-38-14-11-24(38)20-37-29(40)30(23-7-9-26(36-19-23)25-5-3-4-6-28(25)41-2)12-15-39(16-13-30)27-10-8-22(31(32,33)34)17-21(27)18-35/h3-10,17,19,24H,11-16,20H2,1-2H3,(H,37,40)/t24-/m1/s1. The SMILES string of the molecule is COc1ccccc1-c1ccc(C2(C(=O)NC[C@H]3CCN3C)CCN(c3ccc(C(F)(F)F)cc3C#N)CC2)cn1. The molecule has 1 amide bonds. The van der Waals surface area contributed by atoms with Crippen molar-refractivity contribution < 1.29 is 22.7 Å². The Morgan fingerprint density at radius 3 is 2.49 bits per heavy atom. The number of para-hydroxylation sites is 1. The van der Waals surface area contributed by atoms with Crippen LogP contribution in [0.2, 0.25) is 0 Å². The molecule has 2 aliphatic heterocycles. The van der Waals surface area contributed by atoms with Crippen LogP contribution in [0.3, 0.4) is 0 Å². The van der Waals surface area contributed by atoms with Gasteiger partial charge in [0, 0.05) is 37.4 Å². The highest BCUT2D eigenvalue weighted by molar-refractivity contribution is 5.89. The number of benzene rings is 2. The van der Waals surface area contributed by atoms with Crippen LogP contribution in [-0.4, -0.2) is 62.2 Å². The lowest BCUT2D eigenvalue weighted by Gasteiger charge is -2.43. The number of carbonyl (C=O) groups excluding carboxylic acids is 1. The minimum Gasteiger partial charge on any atom is -0.496 e. The molecule has 10 heteroatoms. The first-order valence-corrected chi connectivity index (χ1v) is 13.6. The van der Waals surface area contributed by atoms with Gasteiger partial charge in [-0.3, -0.25) is 9.78 Å². The van der Waals surface area contributed by atoms with E-state index in [0.29, 0.717) is 50.0 Å². The molecule has 1 N–H and O–H groups in total. The Labute approximate surface area is 237 Å². The van der Waals surface area contributed by atoms with E-state index in [0.717, 1.165) is 41.9 Å². The summed E-state index contributed by atoms with van der Waals surface area (Å²) in [6.45, 7) is 2.34. The fourth-order valence-electron chi connectivity index (χ4n) is 5.75. The summed E-state index contributed by atoms with van der Waals surface area (Å²) in [5, 5.41) is 12.8. The average molecular weight is 564 g/mol. The van der Waals surface area contributed by atoms with Crippen LogP contribution in [0.5, 0.6) is 5.75 Å². The number of piperidine rings is 1. The number of halogens is 3. The lowest BCUT2D eigenvalue weighted by Crippen LogP contribution is -2.56. The van der Waals surface area contributed by atoms with Gasteiger partial charge >= 0.3 is 6.18 Å². The Bertz CT molecular complexity index is 1440. The zero-order chi connectivity index (χ0) is 29.2. The van der Waals surface area contributed by atoms with Crippen molar-refractivity contribution in [2.75, 3.05) is 45.2 Å². The second-order valence-electron chi connectivity index (χ2n) is 10.7. The number of aromatic nitrogens is 1. The van der Waals surface area contributed by atoms with Crippen LogP contribution in [-0.2, 0) is 16.4 Å². The van der Waals surface area contributed by atoms with Gasteiger partial charge in [-0.15, -0.1) is 0 Å². The summed E-state index contributed by atoms with van der Waals surface area (Å²) < 4.78 is 45.2. The minimum atomic E-state index is -4.53. The fourth-order valence-corrected chi connectivity index (χ4v) is 5.75. The first-order chi connectivity index (χ1) is 19.7. The third kappa shape index (κ3) is 5.59. The van der Waals surface area contributed by atoms with Crippen LogP contribution >= 0.6 is 0 Å². The lowest BCUT2D eigenvalue weighted by molar-refractivity contribution is -0.137. The second kappa shape index (κ2) is 11.4. The van der Waals surface area contributed by atoms with Crippen molar-refractivity contribution >= 4 is 11.6 Å². The van der Waals surface area contributed by atoms with Gasteiger partial charge in [0.2, 0.25) is 5.91 Å². The van der Waals surface area contributed by atoms with Crippen LogP contribution in [0.4, 0.5) is 18.9 Å². The molecular formula is C31H32F3N5O2.